The summed E-state index contributed by atoms with van der Waals surface area (Å²) < 4.78 is 1.13. The van der Waals surface area contributed by atoms with Gasteiger partial charge in [-0.25, -0.2) is 4.79 Å². The summed E-state index contributed by atoms with van der Waals surface area (Å²) in [4.78, 5) is 12.9. The van der Waals surface area contributed by atoms with Gasteiger partial charge in [-0.05, 0) is 52.3 Å². The van der Waals surface area contributed by atoms with Gasteiger partial charge in [-0.2, -0.15) is 0 Å². The van der Waals surface area contributed by atoms with E-state index in [1.807, 2.05) is 54.6 Å². The van der Waals surface area contributed by atoms with E-state index in [1.165, 1.54) is 4.90 Å². The number of aliphatic hydroxyl groups excluding tert-OH is 1. The molecule has 0 radical (unpaired) electrons. The van der Waals surface area contributed by atoms with Gasteiger partial charge >= 0.3 is 6.09 Å². The zero-order valence-corrected chi connectivity index (χ0v) is 14.2. The molecule has 0 aliphatic carbocycles. The highest BCUT2D eigenvalue weighted by Gasteiger charge is 2.23. The topological polar surface area (TPSA) is 60.8 Å². The van der Waals surface area contributed by atoms with Crippen LogP contribution in [0.5, 0.6) is 0 Å². The Kier molecular flexibility index (Phi) is 6.21. The average Bonchev–Trinajstić information content (AvgIpc) is 2.53. The minimum Gasteiger partial charge on any atom is -0.465 e. The Bertz CT molecular complexity index is 601. The van der Waals surface area contributed by atoms with Crippen LogP contribution in [-0.4, -0.2) is 33.9 Å². The Morgan fingerprint density at radius 3 is 2.23 bits per heavy atom. The number of hydrogen-bond acceptors (Lipinski definition) is 2. The standard InChI is InChI=1S/C17H18INO3/c18-15-8-6-13(7-9-15)10-16(12-20)19(17(21)22)11-14-4-2-1-3-5-14/h1-9,16,20H,10-12H2,(H,21,22)/t16-/m0/s1. The van der Waals surface area contributed by atoms with Gasteiger partial charge in [0.15, 0.2) is 0 Å². The highest BCUT2D eigenvalue weighted by molar-refractivity contribution is 14.1. The summed E-state index contributed by atoms with van der Waals surface area (Å²) in [7, 11) is 0. The van der Waals surface area contributed by atoms with Gasteiger partial charge in [-0.15, -0.1) is 0 Å². The molecular formula is C17H18INO3. The predicted octanol–water partition coefficient (Wildman–Crippen LogP) is 3.37. The molecule has 0 saturated heterocycles. The number of benzene rings is 2. The second-order valence-electron chi connectivity index (χ2n) is 5.06. The van der Waals surface area contributed by atoms with Crippen LogP contribution in [0.3, 0.4) is 0 Å². The Morgan fingerprint density at radius 1 is 1.05 bits per heavy atom. The molecule has 5 heteroatoms. The lowest BCUT2D eigenvalue weighted by molar-refractivity contribution is 0.0932. The molecule has 4 nitrogen and oxygen atoms in total. The molecule has 116 valence electrons. The van der Waals surface area contributed by atoms with Crippen LogP contribution in [-0.2, 0) is 13.0 Å². The van der Waals surface area contributed by atoms with Gasteiger partial charge in [-0.1, -0.05) is 42.5 Å². The molecule has 0 bridgehead atoms. The molecule has 0 fully saturated rings. The van der Waals surface area contributed by atoms with Gasteiger partial charge in [0.25, 0.3) is 0 Å². The molecule has 2 aromatic carbocycles. The molecule has 0 spiro atoms. The fourth-order valence-electron chi connectivity index (χ4n) is 2.30. The molecule has 0 unspecified atom stereocenters. The maximum atomic E-state index is 11.6. The third-order valence-corrected chi connectivity index (χ3v) is 4.20. The van der Waals surface area contributed by atoms with Crippen LogP contribution in [0, 0.1) is 3.57 Å². The smallest absolute Gasteiger partial charge is 0.407 e. The first-order valence-electron chi connectivity index (χ1n) is 6.99. The van der Waals surface area contributed by atoms with E-state index < -0.39 is 12.1 Å². The summed E-state index contributed by atoms with van der Waals surface area (Å²) in [5.41, 5.74) is 1.92. The van der Waals surface area contributed by atoms with Crippen molar-refractivity contribution in [3.63, 3.8) is 0 Å². The van der Waals surface area contributed by atoms with Gasteiger partial charge in [0.2, 0.25) is 0 Å². The molecule has 1 amide bonds. The van der Waals surface area contributed by atoms with E-state index in [2.05, 4.69) is 22.6 Å². The zero-order valence-electron chi connectivity index (χ0n) is 12.0. The molecule has 1 atom stereocenters. The van der Waals surface area contributed by atoms with E-state index in [9.17, 15) is 15.0 Å². The molecule has 2 aromatic rings. The van der Waals surface area contributed by atoms with Crippen molar-refractivity contribution in [2.45, 2.75) is 19.0 Å². The molecule has 2 rings (SSSR count). The normalized spacial score (nSPS) is 11.9. The predicted molar refractivity (Wildman–Crippen MR) is 93.7 cm³/mol. The Morgan fingerprint density at radius 2 is 1.68 bits per heavy atom. The lowest BCUT2D eigenvalue weighted by Gasteiger charge is -2.28. The van der Waals surface area contributed by atoms with Crippen LogP contribution in [0.25, 0.3) is 0 Å². The van der Waals surface area contributed by atoms with Crippen LogP contribution >= 0.6 is 22.6 Å². The number of carbonyl (C=O) groups is 1. The van der Waals surface area contributed by atoms with Crippen LogP contribution in [0.2, 0.25) is 0 Å². The molecule has 0 heterocycles. The lowest BCUT2D eigenvalue weighted by atomic mass is 10.0. The number of hydrogen-bond donors (Lipinski definition) is 2. The Labute approximate surface area is 143 Å². The number of carboxylic acid groups (broad SMARTS) is 1. The SMILES string of the molecule is O=C(O)N(Cc1ccccc1)[C@H](CO)Cc1ccc(I)cc1. The van der Waals surface area contributed by atoms with Gasteiger partial charge in [0, 0.05) is 10.1 Å². The number of rotatable bonds is 6. The molecule has 2 N–H and O–H groups in total. The summed E-state index contributed by atoms with van der Waals surface area (Å²) in [6.07, 6.45) is -0.527. The Hall–Kier alpha value is -1.60. The summed E-state index contributed by atoms with van der Waals surface area (Å²) in [6.45, 7) is 0.0664. The van der Waals surface area contributed by atoms with Crippen molar-refractivity contribution < 1.29 is 15.0 Å². The van der Waals surface area contributed by atoms with Crippen molar-refractivity contribution in [3.8, 4) is 0 Å². The van der Waals surface area contributed by atoms with Crippen LogP contribution in [0.1, 0.15) is 11.1 Å². The number of aliphatic hydroxyl groups is 1. The van der Waals surface area contributed by atoms with Gasteiger partial charge in [-0.3, -0.25) is 4.90 Å². The highest BCUT2D eigenvalue weighted by atomic mass is 127. The quantitative estimate of drug-likeness (QED) is 0.717. The van der Waals surface area contributed by atoms with Crippen molar-refractivity contribution in [1.29, 1.82) is 0 Å². The minimum atomic E-state index is -1.02. The highest BCUT2D eigenvalue weighted by Crippen LogP contribution is 2.15. The summed E-state index contributed by atoms with van der Waals surface area (Å²) in [5, 5.41) is 19.1. The third kappa shape index (κ3) is 4.71. The third-order valence-electron chi connectivity index (χ3n) is 3.48. The van der Waals surface area contributed by atoms with Crippen LogP contribution < -0.4 is 0 Å². The van der Waals surface area contributed by atoms with E-state index in [0.717, 1.165) is 14.7 Å². The van der Waals surface area contributed by atoms with Crippen molar-refractivity contribution in [1.82, 2.24) is 4.90 Å². The molecule has 0 aliphatic heterocycles. The largest absolute Gasteiger partial charge is 0.465 e. The Balaban J connectivity index is 2.13. The van der Waals surface area contributed by atoms with E-state index in [0.29, 0.717) is 6.42 Å². The fraction of sp³-hybridized carbons (Fsp3) is 0.235. The molecule has 0 saturated carbocycles. The summed E-state index contributed by atoms with van der Waals surface area (Å²) in [6, 6.07) is 16.8. The summed E-state index contributed by atoms with van der Waals surface area (Å²) >= 11 is 2.22. The lowest BCUT2D eigenvalue weighted by Crippen LogP contribution is -2.42. The first-order chi connectivity index (χ1) is 10.6. The molecule has 0 aliphatic rings. The van der Waals surface area contributed by atoms with E-state index in [4.69, 9.17) is 0 Å². The van der Waals surface area contributed by atoms with E-state index >= 15 is 0 Å². The average molecular weight is 411 g/mol. The minimum absolute atomic E-state index is 0.203. The second-order valence-corrected chi connectivity index (χ2v) is 6.31. The van der Waals surface area contributed by atoms with Gasteiger partial charge in [0.1, 0.15) is 0 Å². The van der Waals surface area contributed by atoms with Crippen LogP contribution in [0.15, 0.2) is 54.6 Å². The van der Waals surface area contributed by atoms with E-state index in [-0.39, 0.29) is 13.2 Å². The first-order valence-corrected chi connectivity index (χ1v) is 8.07. The molecular weight excluding hydrogens is 393 g/mol. The maximum absolute atomic E-state index is 11.6. The van der Waals surface area contributed by atoms with Crippen molar-refractivity contribution in [2.75, 3.05) is 6.61 Å². The van der Waals surface area contributed by atoms with Crippen molar-refractivity contribution in [3.05, 3.63) is 69.3 Å². The zero-order chi connectivity index (χ0) is 15.9. The maximum Gasteiger partial charge on any atom is 0.407 e. The molecule has 0 aromatic heterocycles. The number of halogens is 1. The monoisotopic (exact) mass is 411 g/mol. The fourth-order valence-corrected chi connectivity index (χ4v) is 2.66. The second kappa shape index (κ2) is 8.14. The summed E-state index contributed by atoms with van der Waals surface area (Å²) in [5.74, 6) is 0. The van der Waals surface area contributed by atoms with Crippen molar-refractivity contribution in [2.24, 2.45) is 0 Å². The van der Waals surface area contributed by atoms with Crippen LogP contribution in [0.4, 0.5) is 4.79 Å². The number of amides is 1. The van der Waals surface area contributed by atoms with Gasteiger partial charge < -0.3 is 10.2 Å². The van der Waals surface area contributed by atoms with Gasteiger partial charge in [0.05, 0.1) is 12.6 Å². The number of nitrogens with zero attached hydrogens (tertiary/aromatic N) is 1. The van der Waals surface area contributed by atoms with E-state index in [1.54, 1.807) is 0 Å². The van der Waals surface area contributed by atoms with Crippen molar-refractivity contribution >= 4 is 28.7 Å². The molecule has 22 heavy (non-hydrogen) atoms. The first kappa shape index (κ1) is 16.8.